The minimum absolute atomic E-state index is 0.138. The lowest BCUT2D eigenvalue weighted by Gasteiger charge is -2.08. The Morgan fingerprint density at radius 1 is 1.21 bits per heavy atom. The Balaban J connectivity index is 2.36. The molecule has 0 bridgehead atoms. The summed E-state index contributed by atoms with van der Waals surface area (Å²) in [5, 5.41) is 9.58. The van der Waals surface area contributed by atoms with Gasteiger partial charge in [-0.05, 0) is 19.4 Å². The number of aliphatic hydroxyl groups excluding tert-OH is 1. The van der Waals surface area contributed by atoms with E-state index in [-0.39, 0.29) is 11.5 Å². The van der Waals surface area contributed by atoms with Gasteiger partial charge in [-0.3, -0.25) is 9.59 Å². The molecule has 0 aromatic heterocycles. The zero-order valence-corrected chi connectivity index (χ0v) is 11.6. The molecule has 1 aromatic rings. The predicted octanol–water partition coefficient (Wildman–Crippen LogP) is 1.62. The highest BCUT2D eigenvalue weighted by Crippen LogP contribution is 2.13. The number of rotatable bonds is 8. The molecule has 3 N–H and O–H groups in total. The van der Waals surface area contributed by atoms with E-state index in [1.807, 2.05) is 0 Å². The molecular weight excluding hydrogens is 262 g/mol. The van der Waals surface area contributed by atoms with Crippen LogP contribution in [0.1, 0.15) is 29.6 Å². The van der Waals surface area contributed by atoms with Crippen molar-refractivity contribution in [3.05, 3.63) is 35.9 Å². The molecule has 19 heavy (non-hydrogen) atoms. The third kappa shape index (κ3) is 6.00. The van der Waals surface area contributed by atoms with E-state index >= 15 is 0 Å². The monoisotopic (exact) mass is 281 g/mol. The van der Waals surface area contributed by atoms with Crippen molar-refractivity contribution in [2.45, 2.75) is 25.4 Å². The number of nitrogens with two attached hydrogens (primary N) is 1. The topological polar surface area (TPSA) is 80.4 Å². The van der Waals surface area contributed by atoms with E-state index < -0.39 is 11.9 Å². The standard InChI is InChI=1S/C14H19NO3S/c15-8-4-5-9-19-13(17)10-12(16)14(18)11-6-2-1-3-7-11/h1-3,6-7,12,16H,4-5,8-10,15H2. The van der Waals surface area contributed by atoms with Gasteiger partial charge in [-0.1, -0.05) is 42.1 Å². The molecular formula is C14H19NO3S. The summed E-state index contributed by atoms with van der Waals surface area (Å²) >= 11 is 1.15. The minimum atomic E-state index is -1.25. The van der Waals surface area contributed by atoms with Gasteiger partial charge in [0.1, 0.15) is 6.10 Å². The Morgan fingerprint density at radius 3 is 2.53 bits per heavy atom. The number of hydrogen-bond acceptors (Lipinski definition) is 5. The van der Waals surface area contributed by atoms with Crippen molar-refractivity contribution in [3.63, 3.8) is 0 Å². The van der Waals surface area contributed by atoms with E-state index in [1.165, 1.54) is 0 Å². The van der Waals surface area contributed by atoms with Crippen LogP contribution in [-0.4, -0.2) is 34.4 Å². The van der Waals surface area contributed by atoms with Crippen LogP contribution < -0.4 is 5.73 Å². The summed E-state index contributed by atoms with van der Waals surface area (Å²) < 4.78 is 0. The number of hydrogen-bond donors (Lipinski definition) is 2. The average molecular weight is 281 g/mol. The molecule has 1 rings (SSSR count). The van der Waals surface area contributed by atoms with Gasteiger partial charge in [0.25, 0.3) is 0 Å². The minimum Gasteiger partial charge on any atom is -0.384 e. The lowest BCUT2D eigenvalue weighted by molar-refractivity contribution is -0.112. The summed E-state index contributed by atoms with van der Waals surface area (Å²) in [4.78, 5) is 23.4. The van der Waals surface area contributed by atoms with E-state index in [9.17, 15) is 14.7 Å². The zero-order chi connectivity index (χ0) is 14.1. The van der Waals surface area contributed by atoms with Crippen molar-refractivity contribution in [2.75, 3.05) is 12.3 Å². The first kappa shape index (κ1) is 15.9. The van der Waals surface area contributed by atoms with E-state index in [0.717, 1.165) is 24.6 Å². The van der Waals surface area contributed by atoms with Gasteiger partial charge in [0, 0.05) is 11.3 Å². The van der Waals surface area contributed by atoms with Crippen LogP contribution in [0, 0.1) is 0 Å². The molecule has 0 spiro atoms. The second-order valence-electron chi connectivity index (χ2n) is 4.17. The molecule has 1 unspecified atom stereocenters. The van der Waals surface area contributed by atoms with Crippen molar-refractivity contribution in [1.29, 1.82) is 0 Å². The normalized spacial score (nSPS) is 12.1. The molecule has 1 aromatic carbocycles. The maximum Gasteiger partial charge on any atom is 0.192 e. The first-order valence-electron chi connectivity index (χ1n) is 6.28. The third-order valence-electron chi connectivity index (χ3n) is 2.58. The molecule has 104 valence electrons. The van der Waals surface area contributed by atoms with Crippen molar-refractivity contribution >= 4 is 22.7 Å². The van der Waals surface area contributed by atoms with Gasteiger partial charge in [-0.15, -0.1) is 0 Å². The molecule has 0 heterocycles. The fourth-order valence-electron chi connectivity index (χ4n) is 1.54. The summed E-state index contributed by atoms with van der Waals surface area (Å²) in [6.07, 6.45) is 0.361. The lowest BCUT2D eigenvalue weighted by atomic mass is 10.0. The van der Waals surface area contributed by atoms with Crippen LogP contribution in [0.15, 0.2) is 30.3 Å². The summed E-state index contributed by atoms with van der Waals surface area (Å²) in [5.74, 6) is 0.277. The molecule has 0 aliphatic rings. The number of Topliss-reactive ketones (excluding diaryl/α,β-unsaturated/α-hetero) is 1. The van der Waals surface area contributed by atoms with E-state index in [1.54, 1.807) is 30.3 Å². The molecule has 0 saturated heterocycles. The number of thioether (sulfide) groups is 1. The van der Waals surface area contributed by atoms with Gasteiger partial charge < -0.3 is 10.8 Å². The van der Waals surface area contributed by atoms with Crippen LogP contribution in [0.3, 0.4) is 0 Å². The molecule has 0 aliphatic carbocycles. The molecule has 4 nitrogen and oxygen atoms in total. The van der Waals surface area contributed by atoms with Gasteiger partial charge in [-0.25, -0.2) is 0 Å². The predicted molar refractivity (Wildman–Crippen MR) is 77.1 cm³/mol. The second kappa shape index (κ2) is 8.85. The molecule has 5 heteroatoms. The molecule has 0 saturated carbocycles. The average Bonchev–Trinajstić information content (AvgIpc) is 2.43. The first-order valence-corrected chi connectivity index (χ1v) is 7.26. The second-order valence-corrected chi connectivity index (χ2v) is 5.32. The summed E-state index contributed by atoms with van der Waals surface area (Å²) in [6.45, 7) is 0.615. The van der Waals surface area contributed by atoms with Crippen molar-refractivity contribution in [1.82, 2.24) is 0 Å². The van der Waals surface area contributed by atoms with E-state index in [0.29, 0.717) is 17.9 Å². The van der Waals surface area contributed by atoms with Gasteiger partial charge in [0.15, 0.2) is 10.9 Å². The highest BCUT2D eigenvalue weighted by molar-refractivity contribution is 8.13. The molecule has 0 aliphatic heterocycles. The fraction of sp³-hybridized carbons (Fsp3) is 0.429. The van der Waals surface area contributed by atoms with Gasteiger partial charge >= 0.3 is 0 Å². The van der Waals surface area contributed by atoms with Crippen LogP contribution in [-0.2, 0) is 4.79 Å². The Hall–Kier alpha value is -1.17. The summed E-state index contributed by atoms with van der Waals surface area (Å²) in [6, 6.07) is 8.50. The number of carbonyl (C=O) groups excluding carboxylic acids is 2. The van der Waals surface area contributed by atoms with Gasteiger partial charge in [0.05, 0.1) is 6.42 Å². The smallest absolute Gasteiger partial charge is 0.192 e. The number of unbranched alkanes of at least 4 members (excludes halogenated alkanes) is 1. The van der Waals surface area contributed by atoms with Crippen LogP contribution in [0.5, 0.6) is 0 Å². The maximum absolute atomic E-state index is 11.8. The van der Waals surface area contributed by atoms with E-state index in [2.05, 4.69) is 0 Å². The number of benzene rings is 1. The Bertz CT molecular complexity index is 408. The van der Waals surface area contributed by atoms with Gasteiger partial charge in [-0.2, -0.15) is 0 Å². The largest absolute Gasteiger partial charge is 0.384 e. The molecule has 0 radical (unpaired) electrons. The van der Waals surface area contributed by atoms with Gasteiger partial charge in [0.2, 0.25) is 0 Å². The third-order valence-corrected chi connectivity index (χ3v) is 3.56. The summed E-state index contributed by atoms with van der Waals surface area (Å²) in [5.41, 5.74) is 5.78. The fourth-order valence-corrected chi connectivity index (χ4v) is 2.39. The highest BCUT2D eigenvalue weighted by atomic mass is 32.2. The Kier molecular flexibility index (Phi) is 7.40. The number of ketones is 1. The Morgan fingerprint density at radius 2 is 1.89 bits per heavy atom. The van der Waals surface area contributed by atoms with Crippen molar-refractivity contribution in [3.8, 4) is 0 Å². The summed E-state index contributed by atoms with van der Waals surface area (Å²) in [7, 11) is 0. The number of aliphatic hydroxyl groups is 1. The SMILES string of the molecule is NCCCCSC(=O)CC(O)C(=O)c1ccccc1. The lowest BCUT2D eigenvalue weighted by Crippen LogP contribution is -2.23. The first-order chi connectivity index (χ1) is 9.15. The quantitative estimate of drug-likeness (QED) is 0.559. The molecule has 1 atom stereocenters. The van der Waals surface area contributed by atoms with E-state index in [4.69, 9.17) is 5.73 Å². The zero-order valence-electron chi connectivity index (χ0n) is 10.7. The Labute approximate surface area is 117 Å². The maximum atomic E-state index is 11.8. The van der Waals surface area contributed by atoms with Crippen LogP contribution in [0.4, 0.5) is 0 Å². The highest BCUT2D eigenvalue weighted by Gasteiger charge is 2.20. The molecule has 0 amide bonds. The van der Waals surface area contributed by atoms with Crippen molar-refractivity contribution in [2.24, 2.45) is 5.73 Å². The van der Waals surface area contributed by atoms with Crippen LogP contribution >= 0.6 is 11.8 Å². The molecule has 0 fully saturated rings. The van der Waals surface area contributed by atoms with Crippen molar-refractivity contribution < 1.29 is 14.7 Å². The number of carbonyl (C=O) groups is 2. The van der Waals surface area contributed by atoms with Crippen LogP contribution in [0.2, 0.25) is 0 Å². The van der Waals surface area contributed by atoms with Crippen LogP contribution in [0.25, 0.3) is 0 Å².